The summed E-state index contributed by atoms with van der Waals surface area (Å²) in [6.45, 7) is 1.93. The van der Waals surface area contributed by atoms with Gasteiger partial charge in [-0.3, -0.25) is 0 Å². The molecule has 17 heavy (non-hydrogen) atoms. The fourth-order valence-corrected chi connectivity index (χ4v) is 2.63. The highest BCUT2D eigenvalue weighted by Crippen LogP contribution is 2.27. The molecule has 0 atom stereocenters. The van der Waals surface area contributed by atoms with Gasteiger partial charge in [0.25, 0.3) is 0 Å². The van der Waals surface area contributed by atoms with E-state index in [-0.39, 0.29) is 5.63 Å². The monoisotopic (exact) mass is 243 g/mol. The third kappa shape index (κ3) is 1.57. The minimum Gasteiger partial charge on any atom is -0.422 e. The fourth-order valence-electron chi connectivity index (χ4n) is 1.90. The number of rotatable bonds is 1. The van der Waals surface area contributed by atoms with Crippen LogP contribution in [0.5, 0.6) is 0 Å². The molecule has 0 spiro atoms. The smallest absolute Gasteiger partial charge is 0.346 e. The Bertz CT molecular complexity index is 729. The van der Waals surface area contributed by atoms with Crippen LogP contribution in [-0.4, -0.2) is 4.98 Å². The van der Waals surface area contributed by atoms with Crippen LogP contribution in [0.25, 0.3) is 21.5 Å². The van der Waals surface area contributed by atoms with Crippen molar-refractivity contribution in [3.63, 3.8) is 0 Å². The molecular weight excluding hydrogens is 234 g/mol. The van der Waals surface area contributed by atoms with Gasteiger partial charge in [-0.2, -0.15) is 0 Å². The van der Waals surface area contributed by atoms with Crippen LogP contribution in [0.3, 0.4) is 0 Å². The molecule has 2 heterocycles. The van der Waals surface area contributed by atoms with E-state index in [0.29, 0.717) is 16.2 Å². The molecule has 0 aliphatic rings. The van der Waals surface area contributed by atoms with E-state index >= 15 is 0 Å². The first-order valence-corrected chi connectivity index (χ1v) is 6.07. The van der Waals surface area contributed by atoms with Crippen molar-refractivity contribution in [1.29, 1.82) is 0 Å². The molecule has 4 heteroatoms. The Kier molecular flexibility index (Phi) is 2.30. The molecular formula is C13H9NO2S. The second-order valence-corrected chi connectivity index (χ2v) is 4.62. The summed E-state index contributed by atoms with van der Waals surface area (Å²) in [7, 11) is 0. The summed E-state index contributed by atoms with van der Waals surface area (Å²) in [5.41, 5.74) is 1.79. The summed E-state index contributed by atoms with van der Waals surface area (Å²) < 4.78 is 5.31. The molecule has 3 aromatic rings. The van der Waals surface area contributed by atoms with E-state index < -0.39 is 0 Å². The number of para-hydroxylation sites is 1. The highest BCUT2D eigenvalue weighted by atomic mass is 32.1. The number of fused-ring (bicyclic) bond motifs is 1. The van der Waals surface area contributed by atoms with Gasteiger partial charge in [0.1, 0.15) is 10.6 Å². The summed E-state index contributed by atoms with van der Waals surface area (Å²) in [6.07, 6.45) is 1.69. The number of aryl methyl sites for hydroxylation is 1. The van der Waals surface area contributed by atoms with Crippen LogP contribution in [0.15, 0.2) is 45.1 Å². The molecule has 0 aliphatic carbocycles. The van der Waals surface area contributed by atoms with E-state index in [9.17, 15) is 4.79 Å². The molecule has 1 aromatic carbocycles. The maximum atomic E-state index is 12.0. The minimum atomic E-state index is -0.323. The second-order valence-electron chi connectivity index (χ2n) is 3.72. The standard InChI is InChI=1S/C13H9NO2S/c1-8-9-4-2-3-5-10(9)16-13(15)11(8)12-14-6-7-17-12/h2-7H,1H3. The highest BCUT2D eigenvalue weighted by molar-refractivity contribution is 7.13. The van der Waals surface area contributed by atoms with E-state index in [2.05, 4.69) is 4.98 Å². The van der Waals surface area contributed by atoms with Crippen LogP contribution >= 0.6 is 11.3 Å². The second kappa shape index (κ2) is 3.82. The first kappa shape index (κ1) is 10.2. The molecule has 0 amide bonds. The van der Waals surface area contributed by atoms with Gasteiger partial charge in [-0.15, -0.1) is 11.3 Å². The summed E-state index contributed by atoms with van der Waals surface area (Å²) in [5, 5.41) is 3.52. The number of benzene rings is 1. The van der Waals surface area contributed by atoms with Gasteiger partial charge in [0, 0.05) is 17.0 Å². The molecule has 0 unspecified atom stereocenters. The lowest BCUT2D eigenvalue weighted by molar-refractivity contribution is 0.562. The molecule has 0 fully saturated rings. The zero-order valence-corrected chi connectivity index (χ0v) is 9.95. The van der Waals surface area contributed by atoms with Gasteiger partial charge in [0.2, 0.25) is 0 Å². The molecule has 2 aromatic heterocycles. The third-order valence-electron chi connectivity index (χ3n) is 2.72. The minimum absolute atomic E-state index is 0.323. The number of hydrogen-bond donors (Lipinski definition) is 0. The Labute approximate surface area is 101 Å². The van der Waals surface area contributed by atoms with Crippen molar-refractivity contribution in [3.8, 4) is 10.6 Å². The van der Waals surface area contributed by atoms with Gasteiger partial charge in [0.05, 0.1) is 5.56 Å². The normalized spacial score (nSPS) is 10.9. The van der Waals surface area contributed by atoms with E-state index in [0.717, 1.165) is 10.9 Å². The number of nitrogens with zero attached hydrogens (tertiary/aromatic N) is 1. The maximum Gasteiger partial charge on any atom is 0.346 e. The Balaban J connectivity index is 2.44. The van der Waals surface area contributed by atoms with Crippen molar-refractivity contribution >= 4 is 22.3 Å². The van der Waals surface area contributed by atoms with Crippen molar-refractivity contribution < 1.29 is 4.42 Å². The predicted octanol–water partition coefficient (Wildman–Crippen LogP) is 3.22. The van der Waals surface area contributed by atoms with Crippen LogP contribution in [-0.2, 0) is 0 Å². The number of hydrogen-bond acceptors (Lipinski definition) is 4. The third-order valence-corrected chi connectivity index (χ3v) is 3.51. The summed E-state index contributed by atoms with van der Waals surface area (Å²) in [5.74, 6) is 0. The van der Waals surface area contributed by atoms with E-state index in [4.69, 9.17) is 4.42 Å². The molecule has 0 aliphatic heterocycles. The van der Waals surface area contributed by atoms with Crippen LogP contribution in [0.2, 0.25) is 0 Å². The summed E-state index contributed by atoms with van der Waals surface area (Å²) >= 11 is 1.44. The van der Waals surface area contributed by atoms with Crippen molar-refractivity contribution in [2.24, 2.45) is 0 Å². The molecule has 0 radical (unpaired) electrons. The molecule has 0 saturated carbocycles. The van der Waals surface area contributed by atoms with Gasteiger partial charge in [-0.05, 0) is 18.6 Å². The van der Waals surface area contributed by atoms with E-state index in [1.54, 1.807) is 12.3 Å². The maximum absolute atomic E-state index is 12.0. The molecule has 3 nitrogen and oxygen atoms in total. The Hall–Kier alpha value is -1.94. The molecule has 0 N–H and O–H groups in total. The lowest BCUT2D eigenvalue weighted by Crippen LogP contribution is -2.05. The Morgan fingerprint density at radius 1 is 1.29 bits per heavy atom. The lowest BCUT2D eigenvalue weighted by atomic mass is 10.1. The largest absolute Gasteiger partial charge is 0.422 e. The quantitative estimate of drug-likeness (QED) is 0.616. The van der Waals surface area contributed by atoms with E-state index in [1.807, 2.05) is 30.5 Å². The van der Waals surface area contributed by atoms with Crippen molar-refractivity contribution in [2.45, 2.75) is 6.92 Å². The Morgan fingerprint density at radius 3 is 2.88 bits per heavy atom. The van der Waals surface area contributed by atoms with Crippen LogP contribution in [0.1, 0.15) is 5.56 Å². The van der Waals surface area contributed by atoms with Crippen molar-refractivity contribution in [3.05, 3.63) is 51.8 Å². The average molecular weight is 243 g/mol. The topological polar surface area (TPSA) is 43.1 Å². The fraction of sp³-hybridized carbons (Fsp3) is 0.0769. The van der Waals surface area contributed by atoms with Gasteiger partial charge in [0.15, 0.2) is 0 Å². The highest BCUT2D eigenvalue weighted by Gasteiger charge is 2.14. The zero-order chi connectivity index (χ0) is 11.8. The van der Waals surface area contributed by atoms with Crippen LogP contribution < -0.4 is 5.63 Å². The molecule has 0 saturated heterocycles. The lowest BCUT2D eigenvalue weighted by Gasteiger charge is -2.04. The summed E-state index contributed by atoms with van der Waals surface area (Å²) in [4.78, 5) is 16.1. The summed E-state index contributed by atoms with van der Waals surface area (Å²) in [6, 6.07) is 7.54. The van der Waals surface area contributed by atoms with Crippen LogP contribution in [0.4, 0.5) is 0 Å². The molecule has 3 rings (SSSR count). The zero-order valence-electron chi connectivity index (χ0n) is 9.14. The van der Waals surface area contributed by atoms with Gasteiger partial charge >= 0.3 is 5.63 Å². The molecule has 0 bridgehead atoms. The first-order valence-electron chi connectivity index (χ1n) is 5.19. The SMILES string of the molecule is Cc1c(-c2nccs2)c(=O)oc2ccccc12. The van der Waals surface area contributed by atoms with Crippen molar-refractivity contribution in [1.82, 2.24) is 4.98 Å². The molecule has 84 valence electrons. The van der Waals surface area contributed by atoms with Gasteiger partial charge in [-0.25, -0.2) is 9.78 Å². The van der Waals surface area contributed by atoms with Gasteiger partial charge < -0.3 is 4.42 Å². The average Bonchev–Trinajstić information content (AvgIpc) is 2.83. The van der Waals surface area contributed by atoms with Gasteiger partial charge in [-0.1, -0.05) is 18.2 Å². The number of aromatic nitrogens is 1. The first-order chi connectivity index (χ1) is 8.27. The van der Waals surface area contributed by atoms with Crippen molar-refractivity contribution in [2.75, 3.05) is 0 Å². The predicted molar refractivity (Wildman–Crippen MR) is 68.3 cm³/mol. The van der Waals surface area contributed by atoms with E-state index in [1.165, 1.54) is 11.3 Å². The van der Waals surface area contributed by atoms with Crippen LogP contribution in [0, 0.1) is 6.92 Å². The Morgan fingerprint density at radius 2 is 2.12 bits per heavy atom. The number of thiazole rings is 1.